The molecule has 88 valence electrons. The molecule has 0 radical (unpaired) electrons. The van der Waals surface area contributed by atoms with Gasteiger partial charge in [0.15, 0.2) is 5.17 Å². The van der Waals surface area contributed by atoms with E-state index in [2.05, 4.69) is 21.8 Å². The quantitative estimate of drug-likeness (QED) is 0.473. The molecule has 16 heavy (non-hydrogen) atoms. The highest BCUT2D eigenvalue weighted by atomic mass is 35.5. The molecule has 0 aliphatic rings. The van der Waals surface area contributed by atoms with Crippen LogP contribution in [0, 0.1) is 0 Å². The third-order valence-corrected chi connectivity index (χ3v) is 2.98. The van der Waals surface area contributed by atoms with Gasteiger partial charge in [-0.05, 0) is 32.2 Å². The van der Waals surface area contributed by atoms with E-state index in [1.54, 1.807) is 24.0 Å². The number of aromatic nitrogens is 1. The summed E-state index contributed by atoms with van der Waals surface area (Å²) >= 11 is 7.41. The first-order chi connectivity index (χ1) is 7.72. The number of nitrogens with zero attached hydrogens (tertiary/aromatic N) is 3. The fraction of sp³-hybridized carbons (Fsp3) is 0.455. The molecule has 5 heteroatoms. The van der Waals surface area contributed by atoms with Crippen molar-refractivity contribution in [2.75, 3.05) is 24.2 Å². The van der Waals surface area contributed by atoms with Gasteiger partial charge in [-0.2, -0.15) is 0 Å². The number of hydrogen-bond donors (Lipinski definition) is 0. The van der Waals surface area contributed by atoms with Crippen LogP contribution < -0.4 is 4.90 Å². The second-order valence-corrected chi connectivity index (χ2v) is 4.21. The molecule has 0 N–H and O–H groups in total. The van der Waals surface area contributed by atoms with E-state index in [-0.39, 0.29) is 0 Å². The Labute approximate surface area is 106 Å². The van der Waals surface area contributed by atoms with Crippen LogP contribution in [-0.4, -0.2) is 29.5 Å². The zero-order valence-corrected chi connectivity index (χ0v) is 11.3. The highest BCUT2D eigenvalue weighted by Crippen LogP contribution is 2.18. The third-order valence-electron chi connectivity index (χ3n) is 2.05. The number of thioether (sulfide) groups is 1. The third kappa shape index (κ3) is 3.39. The molecule has 3 nitrogen and oxygen atoms in total. The summed E-state index contributed by atoms with van der Waals surface area (Å²) in [5, 5.41) is 1.52. The second kappa shape index (κ2) is 6.76. The van der Waals surface area contributed by atoms with E-state index in [0.717, 1.165) is 23.9 Å². The minimum Gasteiger partial charge on any atom is -0.320 e. The van der Waals surface area contributed by atoms with Gasteiger partial charge >= 0.3 is 0 Å². The van der Waals surface area contributed by atoms with Crippen molar-refractivity contribution >= 4 is 34.2 Å². The van der Waals surface area contributed by atoms with Crippen LogP contribution in [-0.2, 0) is 0 Å². The largest absolute Gasteiger partial charge is 0.320 e. The Morgan fingerprint density at radius 2 is 2.25 bits per heavy atom. The van der Waals surface area contributed by atoms with Crippen molar-refractivity contribution in [3.63, 3.8) is 0 Å². The number of hydrogen-bond acceptors (Lipinski definition) is 3. The summed E-state index contributed by atoms with van der Waals surface area (Å²) in [6.45, 7) is 5.77. The molecule has 1 aromatic rings. The molecular formula is C11H16ClN3S. The predicted molar refractivity (Wildman–Crippen MR) is 73.8 cm³/mol. The maximum atomic E-state index is 5.77. The lowest BCUT2D eigenvalue weighted by molar-refractivity contribution is 1.03. The summed E-state index contributed by atoms with van der Waals surface area (Å²) in [6, 6.07) is 3.75. The highest BCUT2D eigenvalue weighted by Gasteiger charge is 2.10. The summed E-state index contributed by atoms with van der Waals surface area (Å²) < 4.78 is 0. The van der Waals surface area contributed by atoms with Crippen LogP contribution in [0.2, 0.25) is 5.15 Å². The number of anilines is 1. The lowest BCUT2D eigenvalue weighted by Gasteiger charge is -2.23. The van der Waals surface area contributed by atoms with Gasteiger partial charge in [0.1, 0.15) is 5.15 Å². The van der Waals surface area contributed by atoms with Crippen LogP contribution in [0.4, 0.5) is 5.69 Å². The Balaban J connectivity index is 2.97. The van der Waals surface area contributed by atoms with Gasteiger partial charge in [-0.25, -0.2) is 4.98 Å². The summed E-state index contributed by atoms with van der Waals surface area (Å²) in [6.07, 6.45) is 3.80. The van der Waals surface area contributed by atoms with Gasteiger partial charge in [0.05, 0.1) is 11.9 Å². The fourth-order valence-corrected chi connectivity index (χ4v) is 2.18. The zero-order chi connectivity index (χ0) is 12.0. The average Bonchev–Trinajstić information content (AvgIpc) is 2.31. The molecule has 0 amide bonds. The van der Waals surface area contributed by atoms with Crippen molar-refractivity contribution in [2.24, 2.45) is 4.99 Å². The molecule has 1 aromatic heterocycles. The number of amidine groups is 1. The second-order valence-electron chi connectivity index (χ2n) is 3.04. The van der Waals surface area contributed by atoms with Crippen molar-refractivity contribution in [1.82, 2.24) is 4.98 Å². The molecule has 0 aliphatic carbocycles. The van der Waals surface area contributed by atoms with E-state index >= 15 is 0 Å². The monoisotopic (exact) mass is 257 g/mol. The molecule has 0 saturated carbocycles. The number of aliphatic imine (C=N–C) groups is 1. The maximum Gasteiger partial charge on any atom is 0.163 e. The Hall–Kier alpha value is -0.740. The Kier molecular flexibility index (Phi) is 5.63. The van der Waals surface area contributed by atoms with Gasteiger partial charge in [-0.1, -0.05) is 23.4 Å². The molecule has 0 fully saturated rings. The van der Waals surface area contributed by atoms with Gasteiger partial charge in [0, 0.05) is 13.1 Å². The van der Waals surface area contributed by atoms with Crippen molar-refractivity contribution in [2.45, 2.75) is 13.8 Å². The van der Waals surface area contributed by atoms with Gasteiger partial charge in [-0.3, -0.25) is 4.99 Å². The van der Waals surface area contributed by atoms with E-state index in [1.165, 1.54) is 0 Å². The predicted octanol–water partition coefficient (Wildman–Crippen LogP) is 3.30. The van der Waals surface area contributed by atoms with Crippen LogP contribution in [0.15, 0.2) is 23.3 Å². The molecule has 1 rings (SSSR count). The van der Waals surface area contributed by atoms with Crippen LogP contribution in [0.25, 0.3) is 0 Å². The first kappa shape index (κ1) is 13.3. The molecule has 0 spiro atoms. The molecule has 0 saturated heterocycles. The van der Waals surface area contributed by atoms with E-state index in [4.69, 9.17) is 11.6 Å². The fourth-order valence-electron chi connectivity index (χ4n) is 1.35. The lowest BCUT2D eigenvalue weighted by Crippen LogP contribution is -2.28. The van der Waals surface area contributed by atoms with Gasteiger partial charge in [0.25, 0.3) is 0 Å². The maximum absolute atomic E-state index is 5.77. The molecule has 0 aromatic carbocycles. The molecule has 1 heterocycles. The van der Waals surface area contributed by atoms with E-state index in [9.17, 15) is 0 Å². The highest BCUT2D eigenvalue weighted by molar-refractivity contribution is 8.13. The molecule has 0 unspecified atom stereocenters. The van der Waals surface area contributed by atoms with Crippen LogP contribution in [0.3, 0.4) is 0 Å². The number of rotatable bonds is 3. The van der Waals surface area contributed by atoms with Crippen LogP contribution in [0.1, 0.15) is 13.8 Å². The topological polar surface area (TPSA) is 28.5 Å². The Morgan fingerprint density at radius 3 is 2.69 bits per heavy atom. The first-order valence-corrected chi connectivity index (χ1v) is 6.80. The standard InChI is InChI=1S/C11H16ClN3S/c1-4-13-11(16-3)15(5-2)9-6-7-10(12)14-8-9/h6-8H,4-5H2,1-3H3/b13-11-. The van der Waals surface area contributed by atoms with Crippen LogP contribution >= 0.6 is 23.4 Å². The van der Waals surface area contributed by atoms with Crippen molar-refractivity contribution in [1.29, 1.82) is 0 Å². The zero-order valence-electron chi connectivity index (χ0n) is 9.77. The van der Waals surface area contributed by atoms with Crippen molar-refractivity contribution < 1.29 is 0 Å². The minimum atomic E-state index is 0.512. The van der Waals surface area contributed by atoms with Gasteiger partial charge in [0.2, 0.25) is 0 Å². The molecule has 0 aliphatic heterocycles. The molecule has 0 atom stereocenters. The van der Waals surface area contributed by atoms with Crippen LogP contribution in [0.5, 0.6) is 0 Å². The number of halogens is 1. The van der Waals surface area contributed by atoms with E-state index in [1.807, 2.05) is 19.2 Å². The Bertz CT molecular complexity index is 351. The first-order valence-electron chi connectivity index (χ1n) is 5.20. The van der Waals surface area contributed by atoms with Crippen molar-refractivity contribution in [3.05, 3.63) is 23.5 Å². The molecular weight excluding hydrogens is 242 g/mol. The SMILES string of the molecule is CC/N=C(\SC)N(CC)c1ccc(Cl)nc1. The normalized spacial score (nSPS) is 11.6. The summed E-state index contributed by atoms with van der Waals surface area (Å²) in [5.74, 6) is 0. The van der Waals surface area contributed by atoms with E-state index in [0.29, 0.717) is 5.15 Å². The Morgan fingerprint density at radius 1 is 1.50 bits per heavy atom. The number of pyridine rings is 1. The van der Waals surface area contributed by atoms with Gasteiger partial charge in [-0.15, -0.1) is 0 Å². The minimum absolute atomic E-state index is 0.512. The van der Waals surface area contributed by atoms with Crippen molar-refractivity contribution in [3.8, 4) is 0 Å². The average molecular weight is 258 g/mol. The lowest BCUT2D eigenvalue weighted by atomic mass is 10.4. The molecule has 0 bridgehead atoms. The van der Waals surface area contributed by atoms with E-state index < -0.39 is 0 Å². The smallest absolute Gasteiger partial charge is 0.163 e. The van der Waals surface area contributed by atoms with Gasteiger partial charge < -0.3 is 4.90 Å². The summed E-state index contributed by atoms with van der Waals surface area (Å²) in [5.41, 5.74) is 1.02. The summed E-state index contributed by atoms with van der Waals surface area (Å²) in [7, 11) is 0. The summed E-state index contributed by atoms with van der Waals surface area (Å²) in [4.78, 5) is 10.7.